The standard InChI is InChI=1S/C11H21N5OS/c1-6-16(8(2)7-15(4)5)10(17)9-13-14-11(12-3)18-9/h8H,6-7H2,1-5H3,(H,12,14). The van der Waals surface area contributed by atoms with Gasteiger partial charge in [0.2, 0.25) is 10.1 Å². The SMILES string of the molecule is CCN(C(=O)c1nnc(NC)s1)C(C)CN(C)C. The van der Waals surface area contributed by atoms with Gasteiger partial charge in [-0.3, -0.25) is 4.79 Å². The van der Waals surface area contributed by atoms with Gasteiger partial charge in [0, 0.05) is 26.2 Å². The van der Waals surface area contributed by atoms with Gasteiger partial charge >= 0.3 is 0 Å². The fourth-order valence-electron chi connectivity index (χ4n) is 1.82. The summed E-state index contributed by atoms with van der Waals surface area (Å²) >= 11 is 1.28. The Kier molecular flexibility index (Phi) is 5.49. The van der Waals surface area contributed by atoms with Crippen LogP contribution in [0.15, 0.2) is 0 Å². The largest absolute Gasteiger partial charge is 0.363 e. The molecular formula is C11H21N5OS. The van der Waals surface area contributed by atoms with Crippen LogP contribution >= 0.6 is 11.3 Å². The van der Waals surface area contributed by atoms with E-state index in [1.807, 2.05) is 32.8 Å². The minimum absolute atomic E-state index is 0.0501. The molecule has 1 aromatic rings. The van der Waals surface area contributed by atoms with E-state index in [2.05, 4.69) is 20.4 Å². The molecule has 1 amide bonds. The summed E-state index contributed by atoms with van der Waals surface area (Å²) in [5.74, 6) is -0.0501. The van der Waals surface area contributed by atoms with Crippen molar-refractivity contribution in [3.63, 3.8) is 0 Å². The molecule has 0 aliphatic carbocycles. The first kappa shape index (κ1) is 14.8. The van der Waals surface area contributed by atoms with Gasteiger partial charge in [-0.25, -0.2) is 0 Å². The van der Waals surface area contributed by atoms with Crippen LogP contribution in [0.5, 0.6) is 0 Å². The fourth-order valence-corrected chi connectivity index (χ4v) is 2.47. The summed E-state index contributed by atoms with van der Waals surface area (Å²) in [4.78, 5) is 16.2. The highest BCUT2D eigenvalue weighted by Gasteiger charge is 2.23. The lowest BCUT2D eigenvalue weighted by Crippen LogP contribution is -2.43. The Balaban J connectivity index is 2.78. The summed E-state index contributed by atoms with van der Waals surface area (Å²) in [6, 6.07) is 0.152. The van der Waals surface area contributed by atoms with Crippen LogP contribution in [0.1, 0.15) is 23.6 Å². The Morgan fingerprint density at radius 2 is 2.11 bits per heavy atom. The molecule has 0 saturated carbocycles. The first-order valence-electron chi connectivity index (χ1n) is 5.96. The van der Waals surface area contributed by atoms with E-state index in [0.29, 0.717) is 16.7 Å². The first-order valence-corrected chi connectivity index (χ1v) is 6.78. The Hall–Kier alpha value is -1.21. The quantitative estimate of drug-likeness (QED) is 0.836. The maximum atomic E-state index is 12.3. The summed E-state index contributed by atoms with van der Waals surface area (Å²) in [7, 11) is 5.76. The number of aromatic nitrogens is 2. The molecule has 7 heteroatoms. The second-order valence-electron chi connectivity index (χ2n) is 4.36. The molecule has 1 aromatic heterocycles. The predicted molar refractivity (Wildman–Crippen MR) is 74.2 cm³/mol. The first-order chi connectivity index (χ1) is 8.49. The number of anilines is 1. The zero-order valence-corrected chi connectivity index (χ0v) is 12.4. The minimum atomic E-state index is -0.0501. The lowest BCUT2D eigenvalue weighted by Gasteiger charge is -2.29. The average molecular weight is 271 g/mol. The van der Waals surface area contributed by atoms with E-state index in [4.69, 9.17) is 0 Å². The second-order valence-corrected chi connectivity index (χ2v) is 5.34. The smallest absolute Gasteiger partial charge is 0.285 e. The van der Waals surface area contributed by atoms with E-state index in [9.17, 15) is 4.79 Å². The van der Waals surface area contributed by atoms with Gasteiger partial charge in [0.05, 0.1) is 0 Å². The molecular weight excluding hydrogens is 250 g/mol. The van der Waals surface area contributed by atoms with Crippen LogP contribution in [0, 0.1) is 0 Å². The third-order valence-electron chi connectivity index (χ3n) is 2.58. The molecule has 0 spiro atoms. The highest BCUT2D eigenvalue weighted by Crippen LogP contribution is 2.17. The van der Waals surface area contributed by atoms with Crippen LogP contribution < -0.4 is 5.32 Å². The van der Waals surface area contributed by atoms with Gasteiger partial charge < -0.3 is 15.1 Å². The number of hydrogen-bond acceptors (Lipinski definition) is 6. The van der Waals surface area contributed by atoms with E-state index in [1.165, 1.54) is 11.3 Å². The molecule has 6 nitrogen and oxygen atoms in total. The van der Waals surface area contributed by atoms with Gasteiger partial charge in [-0.15, -0.1) is 10.2 Å². The van der Waals surface area contributed by atoms with E-state index < -0.39 is 0 Å². The molecule has 0 bridgehead atoms. The van der Waals surface area contributed by atoms with E-state index in [1.54, 1.807) is 7.05 Å². The average Bonchev–Trinajstić information content (AvgIpc) is 2.77. The lowest BCUT2D eigenvalue weighted by atomic mass is 10.2. The van der Waals surface area contributed by atoms with Crippen molar-refractivity contribution in [2.75, 3.05) is 39.5 Å². The predicted octanol–water partition coefficient (Wildman–Crippen LogP) is 0.992. The van der Waals surface area contributed by atoms with E-state index in [-0.39, 0.29) is 11.9 Å². The maximum absolute atomic E-state index is 12.3. The topological polar surface area (TPSA) is 61.4 Å². The molecule has 102 valence electrons. The molecule has 0 fully saturated rings. The lowest BCUT2D eigenvalue weighted by molar-refractivity contribution is 0.0678. The number of amides is 1. The van der Waals surface area contributed by atoms with Gasteiger partial charge in [0.15, 0.2) is 0 Å². The molecule has 0 aliphatic rings. The van der Waals surface area contributed by atoms with Gasteiger partial charge in [-0.1, -0.05) is 11.3 Å². The van der Waals surface area contributed by atoms with Crippen LogP contribution in [-0.2, 0) is 0 Å². The maximum Gasteiger partial charge on any atom is 0.285 e. The van der Waals surface area contributed by atoms with Crippen LogP contribution in [0.3, 0.4) is 0 Å². The molecule has 1 N–H and O–H groups in total. The molecule has 1 unspecified atom stereocenters. The third-order valence-corrected chi connectivity index (χ3v) is 3.51. The molecule has 0 aromatic carbocycles. The molecule has 0 radical (unpaired) electrons. The Morgan fingerprint density at radius 3 is 2.56 bits per heavy atom. The van der Waals surface area contributed by atoms with Gasteiger partial charge in [-0.2, -0.15) is 0 Å². The molecule has 1 rings (SSSR count). The Morgan fingerprint density at radius 1 is 1.44 bits per heavy atom. The highest BCUT2D eigenvalue weighted by atomic mass is 32.1. The van der Waals surface area contributed by atoms with Crippen LogP contribution in [0.2, 0.25) is 0 Å². The molecule has 0 aliphatic heterocycles. The zero-order chi connectivity index (χ0) is 13.7. The van der Waals surface area contributed by atoms with Gasteiger partial charge in [0.1, 0.15) is 0 Å². The Labute approximate surface area is 112 Å². The fraction of sp³-hybridized carbons (Fsp3) is 0.727. The summed E-state index contributed by atoms with van der Waals surface area (Å²) in [5, 5.41) is 11.8. The van der Waals surface area contributed by atoms with Crippen molar-refractivity contribution in [3.05, 3.63) is 5.01 Å². The molecule has 1 heterocycles. The number of rotatable bonds is 6. The van der Waals surface area contributed by atoms with Crippen molar-refractivity contribution in [2.45, 2.75) is 19.9 Å². The van der Waals surface area contributed by atoms with E-state index >= 15 is 0 Å². The third kappa shape index (κ3) is 3.64. The molecule has 0 saturated heterocycles. The van der Waals surface area contributed by atoms with Crippen molar-refractivity contribution < 1.29 is 4.79 Å². The van der Waals surface area contributed by atoms with Crippen molar-refractivity contribution in [2.24, 2.45) is 0 Å². The van der Waals surface area contributed by atoms with Crippen molar-refractivity contribution in [1.82, 2.24) is 20.0 Å². The second kappa shape index (κ2) is 6.65. The summed E-state index contributed by atoms with van der Waals surface area (Å²) in [6.07, 6.45) is 0. The van der Waals surface area contributed by atoms with Crippen LogP contribution in [0.25, 0.3) is 0 Å². The van der Waals surface area contributed by atoms with E-state index in [0.717, 1.165) is 6.54 Å². The zero-order valence-electron chi connectivity index (χ0n) is 11.6. The van der Waals surface area contributed by atoms with Crippen molar-refractivity contribution in [3.8, 4) is 0 Å². The number of likely N-dealkylation sites (N-methyl/N-ethyl adjacent to an activating group) is 2. The van der Waals surface area contributed by atoms with Gasteiger partial charge in [0.25, 0.3) is 5.91 Å². The van der Waals surface area contributed by atoms with Crippen molar-refractivity contribution in [1.29, 1.82) is 0 Å². The summed E-state index contributed by atoms with van der Waals surface area (Å²) in [5.41, 5.74) is 0. The number of nitrogens with zero attached hydrogens (tertiary/aromatic N) is 4. The Bertz CT molecular complexity index is 393. The molecule has 18 heavy (non-hydrogen) atoms. The van der Waals surface area contributed by atoms with Crippen LogP contribution in [-0.4, -0.2) is 66.2 Å². The van der Waals surface area contributed by atoms with Gasteiger partial charge in [-0.05, 0) is 27.9 Å². The number of carbonyl (C=O) groups excluding carboxylic acids is 1. The number of carbonyl (C=O) groups is 1. The summed E-state index contributed by atoms with van der Waals surface area (Å²) < 4.78 is 0. The number of nitrogens with one attached hydrogen (secondary N) is 1. The normalized spacial score (nSPS) is 12.6. The number of hydrogen-bond donors (Lipinski definition) is 1. The van der Waals surface area contributed by atoms with Crippen LogP contribution in [0.4, 0.5) is 5.13 Å². The van der Waals surface area contributed by atoms with Crippen molar-refractivity contribution >= 4 is 22.4 Å². The monoisotopic (exact) mass is 271 g/mol. The highest BCUT2D eigenvalue weighted by molar-refractivity contribution is 7.17. The molecule has 1 atom stereocenters. The summed E-state index contributed by atoms with van der Waals surface area (Å²) in [6.45, 7) is 5.52. The minimum Gasteiger partial charge on any atom is -0.363 e.